The van der Waals surface area contributed by atoms with E-state index in [4.69, 9.17) is 5.11 Å². The van der Waals surface area contributed by atoms with Gasteiger partial charge in [-0.25, -0.2) is 0 Å². The topological polar surface area (TPSA) is 66.4 Å². The zero-order valence-electron chi connectivity index (χ0n) is 9.66. The molecular weight excluding hydrogens is 214 g/mol. The zero-order valence-corrected chi connectivity index (χ0v) is 10.5. The van der Waals surface area contributed by atoms with E-state index in [0.29, 0.717) is 0 Å². The summed E-state index contributed by atoms with van der Waals surface area (Å²) in [6, 6.07) is 0.000995. The number of carboxylic acid groups (broad SMARTS) is 1. The molecule has 0 saturated carbocycles. The predicted octanol–water partition coefficient (Wildman–Crippen LogP) is 1.35. The molecule has 0 fully saturated rings. The lowest BCUT2D eigenvalue weighted by atomic mass is 9.92. The maximum atomic E-state index is 11.6. The van der Waals surface area contributed by atoms with E-state index in [1.807, 2.05) is 13.8 Å². The molecule has 15 heavy (non-hydrogen) atoms. The Bertz CT molecular complexity index is 241. The quantitative estimate of drug-likeness (QED) is 0.680. The number of rotatable bonds is 6. The monoisotopic (exact) mass is 233 g/mol. The minimum atomic E-state index is -1.36. The Morgan fingerprint density at radius 3 is 2.40 bits per heavy atom. The van der Waals surface area contributed by atoms with Crippen molar-refractivity contribution in [3.8, 4) is 0 Å². The Balaban J connectivity index is 4.18. The van der Waals surface area contributed by atoms with Crippen LogP contribution in [0, 0.1) is 5.41 Å². The van der Waals surface area contributed by atoms with Gasteiger partial charge < -0.3 is 10.4 Å². The highest BCUT2D eigenvalue weighted by Crippen LogP contribution is 2.15. The van der Waals surface area contributed by atoms with Crippen LogP contribution in [0.5, 0.6) is 0 Å². The Morgan fingerprint density at radius 2 is 2.00 bits per heavy atom. The first-order valence-electron chi connectivity index (χ1n) is 4.94. The molecule has 4 nitrogen and oxygen atoms in total. The molecule has 0 radical (unpaired) electrons. The Kier molecular flexibility index (Phi) is 5.72. The highest BCUT2D eigenvalue weighted by Gasteiger charge is 2.36. The predicted molar refractivity (Wildman–Crippen MR) is 62.0 cm³/mol. The van der Waals surface area contributed by atoms with Gasteiger partial charge in [0.05, 0.1) is 0 Å². The van der Waals surface area contributed by atoms with Crippen molar-refractivity contribution in [3.63, 3.8) is 0 Å². The Hall–Kier alpha value is -0.710. The molecule has 0 spiro atoms. The standard InChI is InChI=1S/C10H19NO3S/c1-5-15-6-7(2)11-8(12)10(3,4)9(13)14/h7H,5-6H2,1-4H3,(H,11,12)(H,13,14). The molecule has 1 amide bonds. The maximum absolute atomic E-state index is 11.6. The molecule has 1 atom stereocenters. The smallest absolute Gasteiger partial charge is 0.318 e. The fourth-order valence-corrected chi connectivity index (χ4v) is 1.51. The number of hydrogen-bond donors (Lipinski definition) is 2. The molecule has 0 aromatic rings. The minimum absolute atomic E-state index is 0.000995. The van der Waals surface area contributed by atoms with Crippen molar-refractivity contribution in [1.29, 1.82) is 0 Å². The summed E-state index contributed by atoms with van der Waals surface area (Å²) >= 11 is 1.72. The first-order chi connectivity index (χ1) is 6.82. The molecule has 0 aliphatic heterocycles. The van der Waals surface area contributed by atoms with Gasteiger partial charge in [-0.1, -0.05) is 6.92 Å². The molecule has 1 unspecified atom stereocenters. The van der Waals surface area contributed by atoms with Gasteiger partial charge in [0.1, 0.15) is 5.41 Å². The van der Waals surface area contributed by atoms with E-state index in [-0.39, 0.29) is 6.04 Å². The van der Waals surface area contributed by atoms with Crippen LogP contribution in [0.4, 0.5) is 0 Å². The third kappa shape index (κ3) is 4.55. The lowest BCUT2D eigenvalue weighted by Crippen LogP contribution is -2.46. The van der Waals surface area contributed by atoms with Crippen molar-refractivity contribution >= 4 is 23.6 Å². The summed E-state index contributed by atoms with van der Waals surface area (Å²) in [7, 11) is 0. The Labute approximate surface area is 94.8 Å². The number of hydrogen-bond acceptors (Lipinski definition) is 3. The maximum Gasteiger partial charge on any atom is 0.318 e. The molecule has 2 N–H and O–H groups in total. The molecule has 0 aromatic heterocycles. The van der Waals surface area contributed by atoms with Crippen molar-refractivity contribution in [2.75, 3.05) is 11.5 Å². The van der Waals surface area contributed by atoms with Crippen LogP contribution in [0.2, 0.25) is 0 Å². The molecule has 5 heteroatoms. The number of nitrogens with one attached hydrogen (secondary N) is 1. The summed E-state index contributed by atoms with van der Waals surface area (Å²) in [6.45, 7) is 6.73. The fourth-order valence-electron chi connectivity index (χ4n) is 0.838. The highest BCUT2D eigenvalue weighted by atomic mass is 32.2. The minimum Gasteiger partial charge on any atom is -0.480 e. The van der Waals surface area contributed by atoms with E-state index in [1.165, 1.54) is 13.8 Å². The van der Waals surface area contributed by atoms with Crippen LogP contribution in [0.1, 0.15) is 27.7 Å². The number of carboxylic acids is 1. The van der Waals surface area contributed by atoms with Crippen molar-refractivity contribution < 1.29 is 14.7 Å². The first-order valence-corrected chi connectivity index (χ1v) is 6.10. The lowest BCUT2D eigenvalue weighted by molar-refractivity contribution is -0.153. The lowest BCUT2D eigenvalue weighted by Gasteiger charge is -2.21. The first kappa shape index (κ1) is 14.3. The van der Waals surface area contributed by atoms with Crippen molar-refractivity contribution in [1.82, 2.24) is 5.32 Å². The molecule has 0 bridgehead atoms. The van der Waals surface area contributed by atoms with Crippen LogP contribution in [0.25, 0.3) is 0 Å². The van der Waals surface area contributed by atoms with Gasteiger partial charge in [-0.15, -0.1) is 0 Å². The second-order valence-electron chi connectivity index (χ2n) is 3.96. The summed E-state index contributed by atoms with van der Waals surface area (Å²) in [6.07, 6.45) is 0. The molecule has 0 aromatic carbocycles. The van der Waals surface area contributed by atoms with Gasteiger partial charge in [0.25, 0.3) is 0 Å². The molecular formula is C10H19NO3S. The van der Waals surface area contributed by atoms with Gasteiger partial charge in [0.2, 0.25) is 5.91 Å². The van der Waals surface area contributed by atoms with Crippen LogP contribution < -0.4 is 5.32 Å². The van der Waals surface area contributed by atoms with Gasteiger partial charge in [-0.3, -0.25) is 9.59 Å². The largest absolute Gasteiger partial charge is 0.480 e. The normalized spacial score (nSPS) is 13.3. The Morgan fingerprint density at radius 1 is 1.47 bits per heavy atom. The highest BCUT2D eigenvalue weighted by molar-refractivity contribution is 7.99. The number of carbonyl (C=O) groups excluding carboxylic acids is 1. The van der Waals surface area contributed by atoms with Crippen LogP contribution in [-0.2, 0) is 9.59 Å². The van der Waals surface area contributed by atoms with Crippen molar-refractivity contribution in [3.05, 3.63) is 0 Å². The molecule has 88 valence electrons. The van der Waals surface area contributed by atoms with E-state index >= 15 is 0 Å². The van der Waals surface area contributed by atoms with E-state index in [0.717, 1.165) is 11.5 Å². The number of thioether (sulfide) groups is 1. The summed E-state index contributed by atoms with van der Waals surface area (Å²) in [5.74, 6) is 0.259. The third-order valence-electron chi connectivity index (χ3n) is 2.05. The molecule has 0 rings (SSSR count). The number of carbonyl (C=O) groups is 2. The second kappa shape index (κ2) is 6.00. The summed E-state index contributed by atoms with van der Waals surface area (Å²) in [4.78, 5) is 22.4. The van der Waals surface area contributed by atoms with Crippen LogP contribution in [-0.4, -0.2) is 34.5 Å². The van der Waals surface area contributed by atoms with Gasteiger partial charge in [-0.2, -0.15) is 11.8 Å². The van der Waals surface area contributed by atoms with E-state index in [1.54, 1.807) is 11.8 Å². The molecule has 0 saturated heterocycles. The SMILES string of the molecule is CCSCC(C)NC(=O)C(C)(C)C(=O)O. The molecule has 0 aliphatic rings. The zero-order chi connectivity index (χ0) is 12.1. The number of amides is 1. The van der Waals surface area contributed by atoms with E-state index in [9.17, 15) is 9.59 Å². The van der Waals surface area contributed by atoms with Crippen molar-refractivity contribution in [2.24, 2.45) is 5.41 Å². The average Bonchev–Trinajstić information content (AvgIpc) is 2.14. The van der Waals surface area contributed by atoms with Crippen LogP contribution >= 0.6 is 11.8 Å². The van der Waals surface area contributed by atoms with Crippen LogP contribution in [0.15, 0.2) is 0 Å². The van der Waals surface area contributed by atoms with Crippen molar-refractivity contribution in [2.45, 2.75) is 33.7 Å². The summed E-state index contributed by atoms with van der Waals surface area (Å²) in [5, 5.41) is 11.5. The van der Waals surface area contributed by atoms with E-state index < -0.39 is 17.3 Å². The third-order valence-corrected chi connectivity index (χ3v) is 3.20. The molecule has 0 heterocycles. The average molecular weight is 233 g/mol. The van der Waals surface area contributed by atoms with Gasteiger partial charge >= 0.3 is 5.97 Å². The second-order valence-corrected chi connectivity index (χ2v) is 5.28. The number of aliphatic carboxylic acids is 1. The van der Waals surface area contributed by atoms with Gasteiger partial charge in [0.15, 0.2) is 0 Å². The summed E-state index contributed by atoms with van der Waals surface area (Å²) in [5.41, 5.74) is -1.36. The molecule has 0 aliphatic carbocycles. The summed E-state index contributed by atoms with van der Waals surface area (Å²) < 4.78 is 0. The van der Waals surface area contributed by atoms with E-state index in [2.05, 4.69) is 5.32 Å². The fraction of sp³-hybridized carbons (Fsp3) is 0.800. The van der Waals surface area contributed by atoms with Crippen LogP contribution in [0.3, 0.4) is 0 Å². The van der Waals surface area contributed by atoms with Gasteiger partial charge in [-0.05, 0) is 26.5 Å². The van der Waals surface area contributed by atoms with Gasteiger partial charge in [0, 0.05) is 11.8 Å².